The predicted octanol–water partition coefficient (Wildman–Crippen LogP) is 16.2. The molecule has 0 aliphatic heterocycles. The molecule has 0 saturated carbocycles. The number of hydrogen-bond acceptors (Lipinski definition) is 6. The third kappa shape index (κ3) is 44.9. The van der Waals surface area contributed by atoms with E-state index in [-0.39, 0.29) is 0 Å². The summed E-state index contributed by atoms with van der Waals surface area (Å²) < 4.78 is 0. The first kappa shape index (κ1) is 61.8. The summed E-state index contributed by atoms with van der Waals surface area (Å²) in [4.78, 5) is 0. The second-order valence-electron chi connectivity index (χ2n) is 20.2. The molecule has 62 heavy (non-hydrogen) atoms. The molecule has 0 radical (unpaired) electrons. The second-order valence-corrected chi connectivity index (χ2v) is 20.2. The lowest BCUT2D eigenvalue weighted by Gasteiger charge is -2.39. The molecule has 4 N–H and O–H groups in total. The van der Waals surface area contributed by atoms with Crippen molar-refractivity contribution >= 4 is 0 Å². The quantitative estimate of drug-likeness (QED) is 0.0360. The fourth-order valence-electron chi connectivity index (χ4n) is 9.42. The highest BCUT2D eigenvalue weighted by Gasteiger charge is 2.26. The van der Waals surface area contributed by atoms with Crippen molar-refractivity contribution in [3.63, 3.8) is 0 Å². The summed E-state index contributed by atoms with van der Waals surface area (Å²) in [6.45, 7) is 10.9. The zero-order valence-corrected chi connectivity index (χ0v) is 42.9. The Morgan fingerprint density at radius 1 is 0.210 bits per heavy atom. The Morgan fingerprint density at radius 3 is 0.484 bits per heavy atom. The average Bonchev–Trinajstić information content (AvgIpc) is 3.25. The zero-order chi connectivity index (χ0) is 45.4. The van der Waals surface area contributed by atoms with Crippen LogP contribution < -0.4 is 0 Å². The third-order valence-electron chi connectivity index (χ3n) is 13.6. The lowest BCUT2D eigenvalue weighted by Crippen LogP contribution is -2.54. The average molecular weight is 882 g/mol. The molecule has 0 spiro atoms. The molecule has 6 heteroatoms. The maximum atomic E-state index is 11.5. The Hall–Kier alpha value is -0.240. The fraction of sp³-hybridized carbons (Fsp3) is 1.00. The molecule has 0 rings (SSSR count). The summed E-state index contributed by atoms with van der Waals surface area (Å²) in [6.07, 6.45) is 52.3. The molecule has 0 fully saturated rings. The minimum atomic E-state index is -0.491. The van der Waals surface area contributed by atoms with Crippen LogP contribution in [0.25, 0.3) is 0 Å². The summed E-state index contributed by atoms with van der Waals surface area (Å²) in [5, 5.41) is 50.2. The first-order valence-electron chi connectivity index (χ1n) is 28.6. The van der Waals surface area contributed by atoms with Crippen molar-refractivity contribution in [2.75, 3.05) is 26.2 Å². The molecular formula is C56H116N2O4. The van der Waals surface area contributed by atoms with Crippen molar-refractivity contribution in [3.05, 3.63) is 0 Å². The van der Waals surface area contributed by atoms with Crippen molar-refractivity contribution in [1.29, 1.82) is 0 Å². The molecule has 0 aliphatic carbocycles. The van der Waals surface area contributed by atoms with Gasteiger partial charge in [0.15, 0.2) is 0 Å². The van der Waals surface area contributed by atoms with Crippen LogP contribution in [0.2, 0.25) is 0 Å². The number of hydrogen-bond donors (Lipinski definition) is 4. The van der Waals surface area contributed by atoms with Gasteiger partial charge in [0.1, 0.15) is 0 Å². The van der Waals surface area contributed by atoms with E-state index in [0.717, 1.165) is 77.0 Å². The number of nitrogens with zero attached hydrogens (tertiary/aromatic N) is 2. The molecule has 0 aromatic carbocycles. The highest BCUT2D eigenvalue weighted by molar-refractivity contribution is 4.74. The van der Waals surface area contributed by atoms with Gasteiger partial charge < -0.3 is 20.4 Å². The lowest BCUT2D eigenvalue weighted by atomic mass is 10.0. The highest BCUT2D eigenvalue weighted by atomic mass is 16.3. The number of unbranched alkanes of at least 4 members (excludes halogenated alkanes) is 36. The van der Waals surface area contributed by atoms with Crippen molar-refractivity contribution < 1.29 is 20.4 Å². The molecule has 4 atom stereocenters. The second kappa shape index (κ2) is 50.2. The summed E-state index contributed by atoms with van der Waals surface area (Å²) in [5.74, 6) is 0. The normalized spacial score (nSPS) is 14.0. The van der Waals surface area contributed by atoms with Crippen LogP contribution in [0.3, 0.4) is 0 Å². The monoisotopic (exact) mass is 881 g/mol. The minimum absolute atomic E-state index is 0.447. The topological polar surface area (TPSA) is 87.4 Å². The van der Waals surface area contributed by atoms with Crippen LogP contribution in [0.1, 0.15) is 310 Å². The largest absolute Gasteiger partial charge is 0.392 e. The molecule has 0 saturated heterocycles. The van der Waals surface area contributed by atoms with Gasteiger partial charge in [-0.2, -0.15) is 0 Å². The van der Waals surface area contributed by atoms with Gasteiger partial charge in [-0.05, 0) is 25.7 Å². The van der Waals surface area contributed by atoms with Crippen LogP contribution in [0.5, 0.6) is 0 Å². The van der Waals surface area contributed by atoms with E-state index in [1.54, 1.807) is 0 Å². The Kier molecular flexibility index (Phi) is 50.0. The lowest BCUT2D eigenvalue weighted by molar-refractivity contribution is -0.111. The standard InChI is InChI=1S/C56H116N2O4/c1-5-9-13-17-21-25-29-33-37-41-45-53(59)49-57(50-54(60)46-42-38-34-30-26-22-18-14-10-6-2)58(51-55(61)47-43-39-35-31-27-23-19-15-11-7-3)52-56(62)48-44-40-36-32-28-24-20-16-12-8-4/h53-56,59-62H,5-52H2,1-4H3. The molecule has 0 heterocycles. The minimum Gasteiger partial charge on any atom is -0.392 e. The van der Waals surface area contributed by atoms with Gasteiger partial charge in [-0.3, -0.25) is 0 Å². The number of hydrazine groups is 1. The molecule has 6 nitrogen and oxygen atoms in total. The van der Waals surface area contributed by atoms with Crippen molar-refractivity contribution in [3.8, 4) is 0 Å². The molecule has 0 aliphatic rings. The number of aliphatic hydroxyl groups excluding tert-OH is 4. The molecule has 0 amide bonds. The number of rotatable bonds is 53. The third-order valence-corrected chi connectivity index (χ3v) is 13.6. The summed E-state index contributed by atoms with van der Waals surface area (Å²) in [7, 11) is 0. The van der Waals surface area contributed by atoms with E-state index in [1.807, 2.05) is 0 Å². The van der Waals surface area contributed by atoms with E-state index >= 15 is 0 Å². The van der Waals surface area contributed by atoms with E-state index in [1.165, 1.54) is 205 Å². The fourth-order valence-corrected chi connectivity index (χ4v) is 9.42. The molecule has 0 aromatic heterocycles. The summed E-state index contributed by atoms with van der Waals surface area (Å²) in [5.41, 5.74) is 0. The van der Waals surface area contributed by atoms with Crippen LogP contribution >= 0.6 is 0 Å². The van der Waals surface area contributed by atoms with Gasteiger partial charge in [-0.15, -0.1) is 0 Å². The SMILES string of the molecule is CCCCCCCCCCCCC(O)CN(CC(O)CCCCCCCCCCCC)N(CC(O)CCCCCCCCCCCC)CC(O)CCCCCCCCCCCC. The van der Waals surface area contributed by atoms with Gasteiger partial charge in [0.25, 0.3) is 0 Å². The molecule has 0 aromatic rings. The van der Waals surface area contributed by atoms with Gasteiger partial charge in [0.05, 0.1) is 24.4 Å². The van der Waals surface area contributed by atoms with Gasteiger partial charge in [-0.25, -0.2) is 10.0 Å². The Balaban J connectivity index is 5.39. The summed E-state index contributed by atoms with van der Waals surface area (Å²) >= 11 is 0. The Labute approximate surface area is 389 Å². The zero-order valence-electron chi connectivity index (χ0n) is 42.9. The van der Waals surface area contributed by atoms with Gasteiger partial charge in [0.2, 0.25) is 0 Å². The van der Waals surface area contributed by atoms with E-state index in [9.17, 15) is 20.4 Å². The van der Waals surface area contributed by atoms with Crippen LogP contribution in [-0.2, 0) is 0 Å². The molecular weight excluding hydrogens is 765 g/mol. The van der Waals surface area contributed by atoms with Crippen LogP contribution in [-0.4, -0.2) is 81.0 Å². The predicted molar refractivity (Wildman–Crippen MR) is 273 cm³/mol. The smallest absolute Gasteiger partial charge is 0.0681 e. The van der Waals surface area contributed by atoms with E-state index in [0.29, 0.717) is 26.2 Å². The van der Waals surface area contributed by atoms with Crippen molar-refractivity contribution in [2.24, 2.45) is 0 Å². The van der Waals surface area contributed by atoms with Crippen LogP contribution in [0.15, 0.2) is 0 Å². The van der Waals surface area contributed by atoms with Crippen molar-refractivity contribution in [2.45, 2.75) is 335 Å². The van der Waals surface area contributed by atoms with Crippen molar-refractivity contribution in [1.82, 2.24) is 10.0 Å². The first-order chi connectivity index (χ1) is 30.4. The van der Waals surface area contributed by atoms with Gasteiger partial charge >= 0.3 is 0 Å². The van der Waals surface area contributed by atoms with E-state index in [2.05, 4.69) is 37.7 Å². The Bertz CT molecular complexity index is 702. The molecule has 374 valence electrons. The van der Waals surface area contributed by atoms with Gasteiger partial charge in [0, 0.05) is 26.2 Å². The molecule has 4 unspecified atom stereocenters. The number of aliphatic hydroxyl groups is 4. The van der Waals surface area contributed by atoms with Gasteiger partial charge in [-0.1, -0.05) is 285 Å². The maximum Gasteiger partial charge on any atom is 0.0681 e. The Morgan fingerprint density at radius 2 is 0.339 bits per heavy atom. The first-order valence-corrected chi connectivity index (χ1v) is 28.6. The molecule has 0 bridgehead atoms. The van der Waals surface area contributed by atoms with E-state index in [4.69, 9.17) is 0 Å². The maximum absolute atomic E-state index is 11.5. The van der Waals surface area contributed by atoms with E-state index < -0.39 is 24.4 Å². The van der Waals surface area contributed by atoms with Crippen LogP contribution in [0.4, 0.5) is 0 Å². The highest BCUT2D eigenvalue weighted by Crippen LogP contribution is 2.19. The summed E-state index contributed by atoms with van der Waals surface area (Å²) in [6, 6.07) is 0. The van der Waals surface area contributed by atoms with Crippen LogP contribution in [0, 0.1) is 0 Å².